The second-order valence-electron chi connectivity index (χ2n) is 3.70. The van der Waals surface area contributed by atoms with Crippen LogP contribution >= 0.6 is 11.6 Å². The molecule has 0 amide bonds. The van der Waals surface area contributed by atoms with Gasteiger partial charge >= 0.3 is 6.18 Å². The SMILES string of the molecule is N#Cc1c(C(F)(F)F)cc(-c2ccccc2)nc1Cl. The Morgan fingerprint density at radius 2 is 1.79 bits per heavy atom. The molecule has 0 saturated carbocycles. The molecule has 1 aromatic heterocycles. The topological polar surface area (TPSA) is 36.7 Å². The molecule has 2 aromatic rings. The zero-order valence-corrected chi connectivity index (χ0v) is 10.1. The van der Waals surface area contributed by atoms with E-state index >= 15 is 0 Å². The van der Waals surface area contributed by atoms with Crippen molar-refractivity contribution >= 4 is 11.6 Å². The van der Waals surface area contributed by atoms with E-state index < -0.39 is 22.5 Å². The smallest absolute Gasteiger partial charge is 0.235 e. The lowest BCUT2D eigenvalue weighted by Crippen LogP contribution is -2.09. The van der Waals surface area contributed by atoms with Gasteiger partial charge in [-0.15, -0.1) is 0 Å². The molecule has 0 unspecified atom stereocenters. The van der Waals surface area contributed by atoms with Crippen LogP contribution in [-0.2, 0) is 6.18 Å². The molecule has 0 aliphatic rings. The van der Waals surface area contributed by atoms with Crippen molar-refractivity contribution in [3.05, 3.63) is 52.7 Å². The van der Waals surface area contributed by atoms with Crippen molar-refractivity contribution in [2.75, 3.05) is 0 Å². The molecule has 19 heavy (non-hydrogen) atoms. The summed E-state index contributed by atoms with van der Waals surface area (Å²) >= 11 is 5.66. The summed E-state index contributed by atoms with van der Waals surface area (Å²) in [5.74, 6) is 0. The van der Waals surface area contributed by atoms with Gasteiger partial charge in [-0.2, -0.15) is 18.4 Å². The molecule has 0 radical (unpaired) electrons. The van der Waals surface area contributed by atoms with Crippen LogP contribution < -0.4 is 0 Å². The summed E-state index contributed by atoms with van der Waals surface area (Å²) in [4.78, 5) is 3.83. The Hall–Kier alpha value is -2.06. The molecule has 0 atom stereocenters. The zero-order valence-electron chi connectivity index (χ0n) is 9.37. The molecule has 0 bridgehead atoms. The number of pyridine rings is 1. The predicted octanol–water partition coefficient (Wildman–Crippen LogP) is 4.29. The molecule has 1 aromatic carbocycles. The number of hydrogen-bond acceptors (Lipinski definition) is 2. The van der Waals surface area contributed by atoms with Crippen LogP contribution in [0, 0.1) is 11.3 Å². The van der Waals surface area contributed by atoms with Gasteiger partial charge in [0.2, 0.25) is 0 Å². The van der Waals surface area contributed by atoms with Crippen molar-refractivity contribution in [1.82, 2.24) is 4.98 Å². The highest BCUT2D eigenvalue weighted by Crippen LogP contribution is 2.36. The average Bonchev–Trinajstić information content (AvgIpc) is 2.37. The molecule has 0 aliphatic carbocycles. The number of hydrogen-bond donors (Lipinski definition) is 0. The lowest BCUT2D eigenvalue weighted by atomic mass is 10.1. The van der Waals surface area contributed by atoms with Crippen LogP contribution in [-0.4, -0.2) is 4.98 Å². The van der Waals surface area contributed by atoms with Gasteiger partial charge < -0.3 is 0 Å². The van der Waals surface area contributed by atoms with Crippen LogP contribution in [0.3, 0.4) is 0 Å². The zero-order chi connectivity index (χ0) is 14.0. The third-order valence-corrected chi connectivity index (χ3v) is 2.74. The van der Waals surface area contributed by atoms with Gasteiger partial charge in [-0.25, -0.2) is 4.98 Å². The minimum absolute atomic E-state index is 0.0805. The highest BCUT2D eigenvalue weighted by Gasteiger charge is 2.35. The fourth-order valence-electron chi connectivity index (χ4n) is 1.60. The molecule has 0 saturated heterocycles. The monoisotopic (exact) mass is 282 g/mol. The third-order valence-electron chi connectivity index (χ3n) is 2.46. The molecule has 6 heteroatoms. The number of aromatic nitrogens is 1. The average molecular weight is 283 g/mol. The molecular formula is C13H6ClF3N2. The van der Waals surface area contributed by atoms with Gasteiger partial charge in [-0.05, 0) is 6.07 Å². The summed E-state index contributed by atoms with van der Waals surface area (Å²) < 4.78 is 38.6. The van der Waals surface area contributed by atoms with Crippen LogP contribution in [0.25, 0.3) is 11.3 Å². The fraction of sp³-hybridized carbons (Fsp3) is 0.0769. The van der Waals surface area contributed by atoms with Crippen LogP contribution in [0.1, 0.15) is 11.1 Å². The van der Waals surface area contributed by atoms with Gasteiger partial charge in [0.25, 0.3) is 0 Å². The van der Waals surface area contributed by atoms with Gasteiger partial charge in [0, 0.05) is 5.56 Å². The maximum absolute atomic E-state index is 12.9. The van der Waals surface area contributed by atoms with E-state index in [4.69, 9.17) is 16.9 Å². The summed E-state index contributed by atoms with van der Waals surface area (Å²) in [6, 6.07) is 10.6. The molecular weight excluding hydrogens is 277 g/mol. The normalized spacial score (nSPS) is 11.1. The molecule has 0 aliphatic heterocycles. The van der Waals surface area contributed by atoms with Crippen molar-refractivity contribution in [3.63, 3.8) is 0 Å². The molecule has 96 valence electrons. The molecule has 2 rings (SSSR count). The molecule has 0 fully saturated rings. The van der Waals surface area contributed by atoms with Gasteiger partial charge in [-0.1, -0.05) is 41.9 Å². The van der Waals surface area contributed by atoms with Gasteiger partial charge in [-0.3, -0.25) is 0 Å². The van der Waals surface area contributed by atoms with E-state index in [2.05, 4.69) is 4.98 Å². The number of nitriles is 1. The summed E-state index contributed by atoms with van der Waals surface area (Å²) in [7, 11) is 0. The van der Waals surface area contributed by atoms with Gasteiger partial charge in [0.15, 0.2) is 0 Å². The molecule has 2 nitrogen and oxygen atoms in total. The Balaban J connectivity index is 2.69. The quantitative estimate of drug-likeness (QED) is 0.732. The van der Waals surface area contributed by atoms with Gasteiger partial charge in [0.1, 0.15) is 16.8 Å². The van der Waals surface area contributed by atoms with E-state index in [9.17, 15) is 13.2 Å². The van der Waals surface area contributed by atoms with Crippen LogP contribution in [0.15, 0.2) is 36.4 Å². The Kier molecular flexibility index (Phi) is 3.45. The van der Waals surface area contributed by atoms with E-state index in [-0.39, 0.29) is 5.69 Å². The number of benzene rings is 1. The van der Waals surface area contributed by atoms with Crippen molar-refractivity contribution in [3.8, 4) is 17.3 Å². The molecule has 0 spiro atoms. The van der Waals surface area contributed by atoms with Crippen LogP contribution in [0.4, 0.5) is 13.2 Å². The van der Waals surface area contributed by atoms with Crippen molar-refractivity contribution < 1.29 is 13.2 Å². The van der Waals surface area contributed by atoms with Crippen LogP contribution in [0.5, 0.6) is 0 Å². The largest absolute Gasteiger partial charge is 0.417 e. The number of halogens is 4. The van der Waals surface area contributed by atoms with Crippen molar-refractivity contribution in [2.24, 2.45) is 0 Å². The lowest BCUT2D eigenvalue weighted by Gasteiger charge is -2.11. The second kappa shape index (κ2) is 4.90. The third kappa shape index (κ3) is 2.69. The number of alkyl halides is 3. The Labute approximate surface area is 112 Å². The van der Waals surface area contributed by atoms with Crippen molar-refractivity contribution in [2.45, 2.75) is 6.18 Å². The fourth-order valence-corrected chi connectivity index (χ4v) is 1.84. The van der Waals surface area contributed by atoms with Gasteiger partial charge in [0.05, 0.1) is 11.3 Å². The Morgan fingerprint density at radius 3 is 2.32 bits per heavy atom. The predicted molar refractivity (Wildman–Crippen MR) is 64.4 cm³/mol. The summed E-state index contributed by atoms with van der Waals surface area (Å²) in [6.45, 7) is 0. The first kappa shape index (κ1) is 13.4. The summed E-state index contributed by atoms with van der Waals surface area (Å²) in [5.41, 5.74) is -1.15. The number of nitrogens with zero attached hydrogens (tertiary/aromatic N) is 2. The summed E-state index contributed by atoms with van der Waals surface area (Å²) in [6.07, 6.45) is -4.65. The standard InChI is InChI=1S/C13H6ClF3N2/c14-12-9(7-18)10(13(15,16)17)6-11(19-12)8-4-2-1-3-5-8/h1-6H. The molecule has 1 heterocycles. The minimum Gasteiger partial charge on any atom is -0.235 e. The summed E-state index contributed by atoms with van der Waals surface area (Å²) in [5, 5.41) is 8.30. The van der Waals surface area contributed by atoms with E-state index in [1.165, 1.54) is 6.07 Å². The maximum Gasteiger partial charge on any atom is 0.417 e. The first-order chi connectivity index (χ1) is 8.93. The molecule has 0 N–H and O–H groups in total. The number of rotatable bonds is 1. The van der Waals surface area contributed by atoms with Crippen molar-refractivity contribution in [1.29, 1.82) is 5.26 Å². The second-order valence-corrected chi connectivity index (χ2v) is 4.05. The highest BCUT2D eigenvalue weighted by molar-refractivity contribution is 6.30. The first-order valence-electron chi connectivity index (χ1n) is 5.16. The Morgan fingerprint density at radius 1 is 1.16 bits per heavy atom. The van der Waals surface area contributed by atoms with E-state index in [1.807, 2.05) is 0 Å². The first-order valence-corrected chi connectivity index (χ1v) is 5.54. The van der Waals surface area contributed by atoms with E-state index in [1.54, 1.807) is 30.3 Å². The van der Waals surface area contributed by atoms with E-state index in [0.717, 1.165) is 6.07 Å². The lowest BCUT2D eigenvalue weighted by molar-refractivity contribution is -0.137. The maximum atomic E-state index is 12.9. The minimum atomic E-state index is -4.65. The van der Waals surface area contributed by atoms with Crippen LogP contribution in [0.2, 0.25) is 5.15 Å². The Bertz CT molecular complexity index is 645. The van der Waals surface area contributed by atoms with E-state index in [0.29, 0.717) is 5.56 Å². The highest BCUT2D eigenvalue weighted by atomic mass is 35.5.